The second-order valence-electron chi connectivity index (χ2n) is 10.6. The summed E-state index contributed by atoms with van der Waals surface area (Å²) < 4.78 is 9.22. The number of ether oxygens (including phenoxy) is 2. The summed E-state index contributed by atoms with van der Waals surface area (Å²) in [6.45, 7) is 14.3. The van der Waals surface area contributed by atoms with Crippen molar-refractivity contribution in [1.29, 1.82) is 0 Å². The van der Waals surface area contributed by atoms with Gasteiger partial charge in [0.2, 0.25) is 0 Å². The van der Waals surface area contributed by atoms with Crippen molar-refractivity contribution in [2.45, 2.75) is 48.5 Å². The molecule has 0 bridgehead atoms. The lowest BCUT2D eigenvalue weighted by Crippen LogP contribution is -2.28. The van der Waals surface area contributed by atoms with E-state index < -0.39 is 11.9 Å². The van der Waals surface area contributed by atoms with Crippen LogP contribution < -0.4 is 10.6 Å². The Morgan fingerprint density at radius 2 is 1.00 bits per heavy atom. The minimum absolute atomic E-state index is 0.101. The Kier molecular flexibility index (Phi) is 17.9. The first-order valence-corrected chi connectivity index (χ1v) is 13.3. The molecule has 0 saturated carbocycles. The van der Waals surface area contributed by atoms with Crippen LogP contribution in [0.15, 0.2) is 108 Å². The van der Waals surface area contributed by atoms with E-state index in [0.29, 0.717) is 16.5 Å². The number of esters is 2. The number of carbonyl (C=O) groups is 4. The van der Waals surface area contributed by atoms with Crippen LogP contribution >= 0.6 is 0 Å². The highest BCUT2D eigenvalue weighted by Gasteiger charge is 2.14. The van der Waals surface area contributed by atoms with E-state index in [1.54, 1.807) is 66.8 Å². The highest BCUT2D eigenvalue weighted by Crippen LogP contribution is 2.08. The lowest BCUT2D eigenvalue weighted by molar-refractivity contribution is -0.137. The number of rotatable bonds is 8. The van der Waals surface area contributed by atoms with Crippen LogP contribution in [0.2, 0.25) is 0 Å². The molecule has 2 aromatic rings. The molecular weight excluding hydrogens is 532 g/mol. The van der Waals surface area contributed by atoms with Crippen molar-refractivity contribution in [1.82, 2.24) is 10.6 Å². The van der Waals surface area contributed by atoms with Crippen LogP contribution in [-0.4, -0.2) is 38.0 Å². The van der Waals surface area contributed by atoms with Crippen LogP contribution in [0.1, 0.15) is 69.2 Å². The van der Waals surface area contributed by atoms with Gasteiger partial charge in [0.25, 0.3) is 11.8 Å². The number of allylic oxidation sites excluding steroid dienone is 6. The third-order valence-electron chi connectivity index (χ3n) is 4.42. The predicted octanol–water partition coefficient (Wildman–Crippen LogP) is 6.54. The summed E-state index contributed by atoms with van der Waals surface area (Å²) in [5.74, 6) is -1.87. The van der Waals surface area contributed by atoms with Gasteiger partial charge in [0.15, 0.2) is 0 Å². The van der Waals surface area contributed by atoms with Crippen molar-refractivity contribution in [3.05, 3.63) is 119 Å². The van der Waals surface area contributed by atoms with Gasteiger partial charge in [-0.2, -0.15) is 0 Å². The maximum absolute atomic E-state index is 11.9. The fourth-order valence-electron chi connectivity index (χ4n) is 2.55. The van der Waals surface area contributed by atoms with E-state index in [4.69, 9.17) is 0 Å². The second kappa shape index (κ2) is 20.2. The van der Waals surface area contributed by atoms with E-state index >= 15 is 0 Å². The number of amides is 2. The summed E-state index contributed by atoms with van der Waals surface area (Å²) in [6, 6.07) is 17.3. The van der Waals surface area contributed by atoms with Crippen LogP contribution in [0.5, 0.6) is 0 Å². The third-order valence-corrected chi connectivity index (χ3v) is 4.42. The number of carbonyl (C=O) groups excluding carboxylic acids is 4. The van der Waals surface area contributed by atoms with Crippen LogP contribution in [0, 0.1) is 5.41 Å². The Labute approximate surface area is 250 Å². The molecule has 2 N–H and O–H groups in total. The molecule has 0 radical (unpaired) electrons. The summed E-state index contributed by atoms with van der Waals surface area (Å²) in [5, 5.41) is 5.06. The van der Waals surface area contributed by atoms with Crippen molar-refractivity contribution in [3.8, 4) is 0 Å². The topological polar surface area (TPSA) is 111 Å². The molecule has 42 heavy (non-hydrogen) atoms. The maximum Gasteiger partial charge on any atom is 0.354 e. The average molecular weight is 577 g/mol. The van der Waals surface area contributed by atoms with E-state index in [1.807, 2.05) is 32.9 Å². The summed E-state index contributed by atoms with van der Waals surface area (Å²) >= 11 is 0. The number of hydrogen-bond acceptors (Lipinski definition) is 6. The Morgan fingerprint density at radius 3 is 1.31 bits per heavy atom. The minimum atomic E-state index is -0.586. The van der Waals surface area contributed by atoms with Gasteiger partial charge in [0, 0.05) is 11.1 Å². The normalized spacial score (nSPS) is 11.1. The predicted molar refractivity (Wildman–Crippen MR) is 167 cm³/mol. The molecule has 0 spiro atoms. The summed E-state index contributed by atoms with van der Waals surface area (Å²) in [6.07, 6.45) is 8.15. The monoisotopic (exact) mass is 576 g/mol. The number of benzene rings is 2. The Balaban J connectivity index is 0.000000691. The molecule has 8 heteroatoms. The standard InChI is InChI=1S/C15H17NO3.C14H15NO3.C5H12/c1-11(2)9-10-13(15(18)19-3)16-14(17)12-7-5-4-6-8-12;1-3-4-10-12(14(17)18-2)15-13(16)11-8-6-5-7-9-11;1-5(2,3)4/h4-10H,1-3H3,(H,16,17);3-10H,1-2H3,(H,15,16);1-4H3/b13-10-;4-3?,12-10-;. The molecule has 226 valence electrons. The van der Waals surface area contributed by atoms with E-state index in [9.17, 15) is 19.2 Å². The molecule has 0 heterocycles. The Morgan fingerprint density at radius 1 is 0.643 bits per heavy atom. The van der Waals surface area contributed by atoms with E-state index in [2.05, 4.69) is 47.8 Å². The lowest BCUT2D eigenvalue weighted by atomic mass is 10.0. The van der Waals surface area contributed by atoms with Crippen molar-refractivity contribution < 1.29 is 28.7 Å². The maximum atomic E-state index is 11.9. The number of methoxy groups -OCH3 is 2. The minimum Gasteiger partial charge on any atom is -0.464 e. The molecule has 2 rings (SSSR count). The molecule has 0 saturated heterocycles. The van der Waals surface area contributed by atoms with Gasteiger partial charge in [-0.15, -0.1) is 0 Å². The van der Waals surface area contributed by atoms with Gasteiger partial charge in [-0.05, 0) is 62.6 Å². The van der Waals surface area contributed by atoms with Gasteiger partial charge in [0.05, 0.1) is 14.2 Å². The lowest BCUT2D eigenvalue weighted by Gasteiger charge is -2.07. The van der Waals surface area contributed by atoms with E-state index in [0.717, 1.165) is 5.57 Å². The molecule has 0 aliphatic rings. The molecule has 2 amide bonds. The zero-order chi connectivity index (χ0) is 32.1. The SMILES string of the molecule is CC(C)(C)C.CC=C/C=C(\NC(=O)c1ccccc1)C(=O)OC.COC(=O)/C(=C/C=C(C)C)NC(=O)c1ccccc1. The van der Waals surface area contributed by atoms with Crippen molar-refractivity contribution in [2.24, 2.45) is 5.41 Å². The van der Waals surface area contributed by atoms with Gasteiger partial charge < -0.3 is 20.1 Å². The molecule has 0 aromatic heterocycles. The number of hydrogen-bond donors (Lipinski definition) is 2. The molecular formula is C34H44N2O6. The van der Waals surface area contributed by atoms with Crippen molar-refractivity contribution in [2.75, 3.05) is 14.2 Å². The zero-order valence-corrected chi connectivity index (χ0v) is 26.1. The summed E-state index contributed by atoms with van der Waals surface area (Å²) in [5.41, 5.74) is 2.68. The fourth-order valence-corrected chi connectivity index (χ4v) is 2.55. The quantitative estimate of drug-likeness (QED) is 0.210. The Hall–Kier alpha value is -4.72. The molecule has 0 aliphatic carbocycles. The molecule has 0 aliphatic heterocycles. The average Bonchev–Trinajstić information content (AvgIpc) is 2.96. The Bertz CT molecular complexity index is 1260. The van der Waals surface area contributed by atoms with Gasteiger partial charge in [-0.3, -0.25) is 9.59 Å². The largest absolute Gasteiger partial charge is 0.464 e. The van der Waals surface area contributed by atoms with Gasteiger partial charge in [-0.1, -0.05) is 87.9 Å². The fraction of sp³-hybridized carbons (Fsp3) is 0.294. The van der Waals surface area contributed by atoms with Crippen LogP contribution in [0.4, 0.5) is 0 Å². The van der Waals surface area contributed by atoms with Gasteiger partial charge in [0.1, 0.15) is 11.4 Å². The third kappa shape index (κ3) is 17.8. The second-order valence-corrected chi connectivity index (χ2v) is 10.6. The molecule has 8 nitrogen and oxygen atoms in total. The molecule has 0 atom stereocenters. The summed E-state index contributed by atoms with van der Waals surface area (Å²) in [4.78, 5) is 46.8. The highest BCUT2D eigenvalue weighted by molar-refractivity contribution is 6.01. The molecule has 0 unspecified atom stereocenters. The van der Waals surface area contributed by atoms with E-state index in [1.165, 1.54) is 26.4 Å². The summed E-state index contributed by atoms with van der Waals surface area (Å²) in [7, 11) is 2.54. The molecule has 2 aromatic carbocycles. The first-order valence-electron chi connectivity index (χ1n) is 13.3. The van der Waals surface area contributed by atoms with Crippen LogP contribution in [-0.2, 0) is 19.1 Å². The highest BCUT2D eigenvalue weighted by atomic mass is 16.5. The molecule has 0 fully saturated rings. The first-order chi connectivity index (χ1) is 19.7. The van der Waals surface area contributed by atoms with Crippen molar-refractivity contribution in [3.63, 3.8) is 0 Å². The first kappa shape index (κ1) is 37.3. The van der Waals surface area contributed by atoms with Gasteiger partial charge in [-0.25, -0.2) is 9.59 Å². The van der Waals surface area contributed by atoms with E-state index in [-0.39, 0.29) is 23.2 Å². The van der Waals surface area contributed by atoms with Crippen LogP contribution in [0.25, 0.3) is 0 Å². The van der Waals surface area contributed by atoms with Crippen LogP contribution in [0.3, 0.4) is 0 Å². The van der Waals surface area contributed by atoms with Crippen molar-refractivity contribution >= 4 is 23.8 Å². The zero-order valence-electron chi connectivity index (χ0n) is 26.1. The number of nitrogens with one attached hydrogen (secondary N) is 2. The van der Waals surface area contributed by atoms with Gasteiger partial charge >= 0.3 is 11.9 Å². The smallest absolute Gasteiger partial charge is 0.354 e.